The molecule has 0 aliphatic carbocycles. The van der Waals surface area contributed by atoms with Gasteiger partial charge in [0.25, 0.3) is 0 Å². The van der Waals surface area contributed by atoms with E-state index in [0.717, 1.165) is 11.8 Å². The molecule has 3 rings (SSSR count). The second-order valence-electron chi connectivity index (χ2n) is 6.65. The van der Waals surface area contributed by atoms with Crippen LogP contribution in [0.3, 0.4) is 0 Å². The Morgan fingerprint density at radius 1 is 1.17 bits per heavy atom. The number of hydrogen-bond donors (Lipinski definition) is 2. The highest BCUT2D eigenvalue weighted by atomic mass is 19.4. The van der Waals surface area contributed by atoms with E-state index in [2.05, 4.69) is 10.6 Å². The van der Waals surface area contributed by atoms with Crippen LogP contribution in [-0.4, -0.2) is 32.1 Å². The van der Waals surface area contributed by atoms with E-state index in [1.807, 2.05) is 0 Å². The van der Waals surface area contributed by atoms with Gasteiger partial charge < -0.3 is 20.3 Å². The largest absolute Gasteiger partial charge is 0.497 e. The third-order valence-electron chi connectivity index (χ3n) is 4.62. The fourth-order valence-corrected chi connectivity index (χ4v) is 3.17. The first-order chi connectivity index (χ1) is 13.8. The predicted octanol–water partition coefficient (Wildman–Crippen LogP) is 3.89. The zero-order chi connectivity index (χ0) is 21.0. The van der Waals surface area contributed by atoms with Crippen LogP contribution >= 0.6 is 0 Å². The van der Waals surface area contributed by atoms with Crippen molar-refractivity contribution in [3.8, 4) is 5.75 Å². The molecule has 154 valence electrons. The topological polar surface area (TPSA) is 70.7 Å². The molecule has 3 amide bonds. The average Bonchev–Trinajstić information content (AvgIpc) is 3.07. The van der Waals surface area contributed by atoms with Crippen LogP contribution in [0.2, 0.25) is 0 Å². The fraction of sp³-hybridized carbons (Fsp3) is 0.300. The minimum atomic E-state index is -4.57. The van der Waals surface area contributed by atoms with Crippen LogP contribution in [0.5, 0.6) is 5.75 Å². The number of carbonyl (C=O) groups is 2. The zero-order valence-electron chi connectivity index (χ0n) is 15.6. The molecule has 1 aliphatic rings. The van der Waals surface area contributed by atoms with Gasteiger partial charge in [-0.1, -0.05) is 12.1 Å². The van der Waals surface area contributed by atoms with Gasteiger partial charge in [-0.05, 0) is 36.4 Å². The minimum absolute atomic E-state index is 0.0789. The van der Waals surface area contributed by atoms with E-state index in [0.29, 0.717) is 12.3 Å². The van der Waals surface area contributed by atoms with Crippen LogP contribution in [-0.2, 0) is 11.0 Å². The smallest absolute Gasteiger partial charge is 0.418 e. The van der Waals surface area contributed by atoms with Gasteiger partial charge in [-0.2, -0.15) is 13.2 Å². The summed E-state index contributed by atoms with van der Waals surface area (Å²) in [5.74, 6) is 0.451. The van der Waals surface area contributed by atoms with Crippen LogP contribution < -0.4 is 20.3 Å². The number of hydrogen-bond acceptors (Lipinski definition) is 3. The number of nitrogens with zero attached hydrogens (tertiary/aromatic N) is 1. The molecule has 0 bridgehead atoms. The number of urea groups is 1. The van der Waals surface area contributed by atoms with Crippen molar-refractivity contribution in [3.63, 3.8) is 0 Å². The van der Waals surface area contributed by atoms with Crippen LogP contribution in [0, 0.1) is 5.92 Å². The van der Waals surface area contributed by atoms with Crippen molar-refractivity contribution in [2.24, 2.45) is 5.92 Å². The van der Waals surface area contributed by atoms with Gasteiger partial charge in [0.05, 0.1) is 18.4 Å². The number of ether oxygens (including phenoxy) is 1. The molecule has 1 atom stereocenters. The number of halogens is 3. The number of benzene rings is 2. The molecular weight excluding hydrogens is 387 g/mol. The van der Waals surface area contributed by atoms with Gasteiger partial charge in [0.2, 0.25) is 5.91 Å². The highest BCUT2D eigenvalue weighted by Crippen LogP contribution is 2.34. The Morgan fingerprint density at radius 2 is 1.86 bits per heavy atom. The molecule has 2 aromatic rings. The first-order valence-corrected chi connectivity index (χ1v) is 8.93. The first kappa shape index (κ1) is 20.5. The molecule has 0 unspecified atom stereocenters. The maximum atomic E-state index is 13.0. The molecule has 0 saturated carbocycles. The lowest BCUT2D eigenvalue weighted by Gasteiger charge is -2.18. The summed E-state index contributed by atoms with van der Waals surface area (Å²) in [4.78, 5) is 25.9. The van der Waals surface area contributed by atoms with Gasteiger partial charge in [0.15, 0.2) is 0 Å². The Labute approximate surface area is 165 Å². The van der Waals surface area contributed by atoms with Gasteiger partial charge >= 0.3 is 12.2 Å². The van der Waals surface area contributed by atoms with Gasteiger partial charge in [-0.3, -0.25) is 4.79 Å². The lowest BCUT2D eigenvalue weighted by molar-refractivity contribution is -0.136. The molecule has 29 heavy (non-hydrogen) atoms. The van der Waals surface area contributed by atoms with E-state index < -0.39 is 17.8 Å². The summed E-state index contributed by atoms with van der Waals surface area (Å²) in [6, 6.07) is 11.0. The van der Waals surface area contributed by atoms with E-state index >= 15 is 0 Å². The highest BCUT2D eigenvalue weighted by molar-refractivity contribution is 5.96. The van der Waals surface area contributed by atoms with E-state index in [-0.39, 0.29) is 30.5 Å². The van der Waals surface area contributed by atoms with Crippen LogP contribution in [0.25, 0.3) is 0 Å². The SMILES string of the molecule is COc1ccc(N2C[C@@H](CNC(=O)Nc3ccccc3C(F)(F)F)CC2=O)cc1. The van der Waals surface area contributed by atoms with E-state index in [9.17, 15) is 22.8 Å². The zero-order valence-corrected chi connectivity index (χ0v) is 15.6. The Kier molecular flexibility index (Phi) is 5.95. The third-order valence-corrected chi connectivity index (χ3v) is 4.62. The van der Waals surface area contributed by atoms with E-state index in [4.69, 9.17) is 4.74 Å². The van der Waals surface area contributed by atoms with Gasteiger partial charge in [0.1, 0.15) is 5.75 Å². The molecule has 6 nitrogen and oxygen atoms in total. The van der Waals surface area contributed by atoms with Crippen molar-refractivity contribution in [2.75, 3.05) is 30.4 Å². The molecule has 0 spiro atoms. The number of alkyl halides is 3. The summed E-state index contributed by atoms with van der Waals surface area (Å²) in [6.07, 6.45) is -4.33. The minimum Gasteiger partial charge on any atom is -0.497 e. The number of para-hydroxylation sites is 1. The van der Waals surface area contributed by atoms with Crippen molar-refractivity contribution in [2.45, 2.75) is 12.6 Å². The standard InChI is InChI=1S/C20H20F3N3O3/c1-29-15-8-6-14(7-9-15)26-12-13(10-18(26)27)11-24-19(28)25-17-5-3-2-4-16(17)20(21,22)23/h2-9,13H,10-12H2,1H3,(H2,24,25,28)/t13-/m1/s1. The molecule has 2 aromatic carbocycles. The second kappa shape index (κ2) is 8.42. The molecular formula is C20H20F3N3O3. The molecule has 9 heteroatoms. The number of rotatable bonds is 5. The molecule has 0 aromatic heterocycles. The van der Waals surface area contributed by atoms with Crippen LogP contribution in [0.1, 0.15) is 12.0 Å². The van der Waals surface area contributed by atoms with Crippen molar-refractivity contribution < 1.29 is 27.5 Å². The number of anilines is 2. The number of carbonyl (C=O) groups excluding carboxylic acids is 2. The molecule has 2 N–H and O–H groups in total. The summed E-state index contributed by atoms with van der Waals surface area (Å²) in [7, 11) is 1.55. The number of nitrogens with one attached hydrogen (secondary N) is 2. The van der Waals surface area contributed by atoms with Gasteiger partial charge in [-0.25, -0.2) is 4.79 Å². The lowest BCUT2D eigenvalue weighted by Crippen LogP contribution is -2.34. The number of methoxy groups -OCH3 is 1. The first-order valence-electron chi connectivity index (χ1n) is 8.93. The summed E-state index contributed by atoms with van der Waals surface area (Å²) >= 11 is 0. The summed E-state index contributed by atoms with van der Waals surface area (Å²) < 4.78 is 44.1. The summed E-state index contributed by atoms with van der Waals surface area (Å²) in [5.41, 5.74) is -0.515. The van der Waals surface area contributed by atoms with E-state index in [1.165, 1.54) is 18.2 Å². The van der Waals surface area contributed by atoms with Crippen LogP contribution in [0.15, 0.2) is 48.5 Å². The quantitative estimate of drug-likeness (QED) is 0.790. The predicted molar refractivity (Wildman–Crippen MR) is 102 cm³/mol. The normalized spacial score (nSPS) is 16.6. The Bertz CT molecular complexity index is 885. The Balaban J connectivity index is 1.55. The maximum Gasteiger partial charge on any atom is 0.418 e. The molecule has 1 heterocycles. The Morgan fingerprint density at radius 3 is 2.52 bits per heavy atom. The van der Waals surface area contributed by atoms with Crippen molar-refractivity contribution >= 4 is 23.3 Å². The van der Waals surface area contributed by atoms with Gasteiger partial charge in [0, 0.05) is 31.1 Å². The van der Waals surface area contributed by atoms with Gasteiger partial charge in [-0.15, -0.1) is 0 Å². The fourth-order valence-electron chi connectivity index (χ4n) is 3.17. The molecule has 1 saturated heterocycles. The molecule has 1 fully saturated rings. The molecule has 0 radical (unpaired) electrons. The van der Waals surface area contributed by atoms with Crippen LogP contribution in [0.4, 0.5) is 29.3 Å². The van der Waals surface area contributed by atoms with Crippen molar-refractivity contribution in [3.05, 3.63) is 54.1 Å². The van der Waals surface area contributed by atoms with E-state index in [1.54, 1.807) is 36.3 Å². The summed E-state index contributed by atoms with van der Waals surface area (Å²) in [6.45, 7) is 0.572. The molecule has 1 aliphatic heterocycles. The number of amides is 3. The lowest BCUT2D eigenvalue weighted by atomic mass is 10.1. The average molecular weight is 407 g/mol. The second-order valence-corrected chi connectivity index (χ2v) is 6.65. The highest BCUT2D eigenvalue weighted by Gasteiger charge is 2.34. The Hall–Kier alpha value is -3.23. The summed E-state index contributed by atoms with van der Waals surface area (Å²) in [5, 5.41) is 4.77. The third kappa shape index (κ3) is 4.98. The van der Waals surface area contributed by atoms with Crippen molar-refractivity contribution in [1.82, 2.24) is 5.32 Å². The monoisotopic (exact) mass is 407 g/mol. The van der Waals surface area contributed by atoms with Crippen molar-refractivity contribution in [1.29, 1.82) is 0 Å². The maximum absolute atomic E-state index is 13.0.